The van der Waals surface area contributed by atoms with Crippen molar-refractivity contribution in [2.45, 2.75) is 26.4 Å². The van der Waals surface area contributed by atoms with Crippen LogP contribution in [0.5, 0.6) is 0 Å². The fraction of sp³-hybridized carbons (Fsp3) is 0.500. The molecule has 0 aliphatic rings. The van der Waals surface area contributed by atoms with Crippen molar-refractivity contribution in [3.8, 4) is 6.07 Å². The zero-order valence-electron chi connectivity index (χ0n) is 11.1. The van der Waals surface area contributed by atoms with Crippen LogP contribution in [0.3, 0.4) is 0 Å². The molecule has 18 heavy (non-hydrogen) atoms. The first-order chi connectivity index (χ1) is 8.62. The second kappa shape index (κ2) is 7.10. The van der Waals surface area contributed by atoms with Crippen LogP contribution < -0.4 is 0 Å². The monoisotopic (exact) mass is 250 g/mol. The summed E-state index contributed by atoms with van der Waals surface area (Å²) in [6, 6.07) is 6.77. The van der Waals surface area contributed by atoms with E-state index in [4.69, 9.17) is 10.00 Å². The Morgan fingerprint density at radius 3 is 2.72 bits per heavy atom. The minimum Gasteiger partial charge on any atom is -0.383 e. The minimum atomic E-state index is -0.322. The van der Waals surface area contributed by atoms with Crippen LogP contribution in [0.15, 0.2) is 18.2 Å². The Balaban J connectivity index is 2.79. The van der Waals surface area contributed by atoms with E-state index < -0.39 is 0 Å². The summed E-state index contributed by atoms with van der Waals surface area (Å²) < 4.78 is 18.9. The second-order valence-electron chi connectivity index (χ2n) is 4.29. The topological polar surface area (TPSA) is 36.3 Å². The van der Waals surface area contributed by atoms with Gasteiger partial charge in [0.15, 0.2) is 0 Å². The highest BCUT2D eigenvalue weighted by Crippen LogP contribution is 2.14. The lowest BCUT2D eigenvalue weighted by molar-refractivity contribution is 0.0975. The third kappa shape index (κ3) is 3.80. The van der Waals surface area contributed by atoms with Crippen LogP contribution in [0.1, 0.15) is 25.0 Å². The minimum absolute atomic E-state index is 0.232. The molecule has 1 rings (SSSR count). The van der Waals surface area contributed by atoms with Crippen molar-refractivity contribution < 1.29 is 9.13 Å². The smallest absolute Gasteiger partial charge is 0.129 e. The van der Waals surface area contributed by atoms with E-state index in [1.165, 1.54) is 6.07 Å². The quantitative estimate of drug-likeness (QED) is 0.778. The Bertz CT molecular complexity index is 428. The van der Waals surface area contributed by atoms with E-state index in [2.05, 4.69) is 11.8 Å². The van der Waals surface area contributed by atoms with Crippen LogP contribution in [0.2, 0.25) is 0 Å². The van der Waals surface area contributed by atoms with Gasteiger partial charge in [-0.25, -0.2) is 4.39 Å². The Hall–Kier alpha value is -1.44. The maximum atomic E-state index is 13.8. The Morgan fingerprint density at radius 2 is 2.22 bits per heavy atom. The van der Waals surface area contributed by atoms with E-state index in [1.54, 1.807) is 19.2 Å². The third-order valence-electron chi connectivity index (χ3n) is 2.99. The maximum absolute atomic E-state index is 13.8. The summed E-state index contributed by atoms with van der Waals surface area (Å²) in [5, 5.41) is 8.70. The van der Waals surface area contributed by atoms with E-state index in [9.17, 15) is 4.39 Å². The first kappa shape index (κ1) is 14.6. The molecular formula is C14H19FN2O. The van der Waals surface area contributed by atoms with Gasteiger partial charge in [-0.3, -0.25) is 4.90 Å². The number of ether oxygens (including phenoxy) is 1. The fourth-order valence-corrected chi connectivity index (χ4v) is 1.89. The van der Waals surface area contributed by atoms with Gasteiger partial charge in [0.1, 0.15) is 5.82 Å². The number of benzene rings is 1. The van der Waals surface area contributed by atoms with E-state index in [-0.39, 0.29) is 11.9 Å². The fourth-order valence-electron chi connectivity index (χ4n) is 1.89. The number of nitrogens with zero attached hydrogens (tertiary/aromatic N) is 2. The summed E-state index contributed by atoms with van der Waals surface area (Å²) in [4.78, 5) is 2.13. The number of hydrogen-bond donors (Lipinski definition) is 0. The predicted octanol–water partition coefficient (Wildman–Crippen LogP) is 2.55. The summed E-state index contributed by atoms with van der Waals surface area (Å²) in [6.45, 7) is 6.05. The van der Waals surface area contributed by atoms with Crippen molar-refractivity contribution in [1.82, 2.24) is 4.90 Å². The zero-order chi connectivity index (χ0) is 13.5. The average Bonchev–Trinajstić information content (AvgIpc) is 2.37. The molecule has 0 fully saturated rings. The maximum Gasteiger partial charge on any atom is 0.129 e. The van der Waals surface area contributed by atoms with Crippen molar-refractivity contribution in [2.75, 3.05) is 20.3 Å². The molecule has 1 aromatic carbocycles. The summed E-state index contributed by atoms with van der Waals surface area (Å²) in [6.07, 6.45) is 0. The van der Waals surface area contributed by atoms with Crippen LogP contribution in [-0.2, 0) is 11.3 Å². The second-order valence-corrected chi connectivity index (χ2v) is 4.29. The Morgan fingerprint density at radius 1 is 1.50 bits per heavy atom. The molecule has 3 nitrogen and oxygen atoms in total. The van der Waals surface area contributed by atoms with Gasteiger partial charge in [-0.1, -0.05) is 13.0 Å². The van der Waals surface area contributed by atoms with Crippen LogP contribution in [-0.4, -0.2) is 31.2 Å². The van der Waals surface area contributed by atoms with Gasteiger partial charge in [0.2, 0.25) is 0 Å². The van der Waals surface area contributed by atoms with Gasteiger partial charge in [0.05, 0.1) is 18.2 Å². The molecule has 1 atom stereocenters. The lowest BCUT2D eigenvalue weighted by Crippen LogP contribution is -2.35. The highest BCUT2D eigenvalue weighted by molar-refractivity contribution is 5.32. The van der Waals surface area contributed by atoms with Crippen LogP contribution in [0.25, 0.3) is 0 Å². The highest BCUT2D eigenvalue weighted by Gasteiger charge is 2.14. The van der Waals surface area contributed by atoms with Gasteiger partial charge in [0.25, 0.3) is 0 Å². The van der Waals surface area contributed by atoms with Gasteiger partial charge in [-0.2, -0.15) is 5.26 Å². The molecule has 0 aliphatic heterocycles. The first-order valence-electron chi connectivity index (χ1n) is 6.03. The molecule has 1 unspecified atom stereocenters. The van der Waals surface area contributed by atoms with Crippen molar-refractivity contribution >= 4 is 0 Å². The van der Waals surface area contributed by atoms with Crippen molar-refractivity contribution in [3.63, 3.8) is 0 Å². The van der Waals surface area contributed by atoms with Gasteiger partial charge in [-0.05, 0) is 25.6 Å². The molecule has 0 aromatic heterocycles. The number of nitriles is 1. The molecule has 0 heterocycles. The number of hydrogen-bond acceptors (Lipinski definition) is 3. The molecule has 0 saturated heterocycles. The lowest BCUT2D eigenvalue weighted by atomic mass is 10.1. The van der Waals surface area contributed by atoms with Gasteiger partial charge in [-0.15, -0.1) is 0 Å². The molecule has 98 valence electrons. The molecule has 4 heteroatoms. The van der Waals surface area contributed by atoms with E-state index in [0.29, 0.717) is 24.3 Å². The Labute approximate surface area is 108 Å². The summed E-state index contributed by atoms with van der Waals surface area (Å²) in [7, 11) is 1.66. The molecular weight excluding hydrogens is 231 g/mol. The molecule has 0 amide bonds. The van der Waals surface area contributed by atoms with Crippen LogP contribution in [0.4, 0.5) is 4.39 Å². The van der Waals surface area contributed by atoms with Crippen LogP contribution in [0, 0.1) is 17.1 Å². The zero-order valence-corrected chi connectivity index (χ0v) is 11.1. The lowest BCUT2D eigenvalue weighted by Gasteiger charge is -2.27. The molecule has 0 N–H and O–H groups in total. The number of likely N-dealkylation sites (N-methyl/N-ethyl adjacent to an activating group) is 1. The standard InChI is InChI=1S/C14H19FN2O/c1-4-17(11(2)10-18-3)9-13-6-5-12(8-16)7-14(13)15/h5-7,11H,4,9-10H2,1-3H3. The average molecular weight is 250 g/mol. The molecule has 0 bridgehead atoms. The normalized spacial score (nSPS) is 12.4. The predicted molar refractivity (Wildman–Crippen MR) is 68.5 cm³/mol. The molecule has 0 spiro atoms. The van der Waals surface area contributed by atoms with Gasteiger partial charge in [0, 0.05) is 25.3 Å². The number of rotatable bonds is 6. The van der Waals surface area contributed by atoms with Gasteiger partial charge >= 0.3 is 0 Å². The van der Waals surface area contributed by atoms with Crippen molar-refractivity contribution in [2.24, 2.45) is 0 Å². The van der Waals surface area contributed by atoms with E-state index in [0.717, 1.165) is 6.54 Å². The Kier molecular flexibility index (Phi) is 5.76. The number of methoxy groups -OCH3 is 1. The van der Waals surface area contributed by atoms with Gasteiger partial charge < -0.3 is 4.74 Å². The summed E-state index contributed by atoms with van der Waals surface area (Å²) in [5.41, 5.74) is 0.961. The van der Waals surface area contributed by atoms with Crippen molar-refractivity contribution in [1.29, 1.82) is 5.26 Å². The highest BCUT2D eigenvalue weighted by atomic mass is 19.1. The summed E-state index contributed by atoms with van der Waals surface area (Å²) in [5.74, 6) is -0.322. The number of halogens is 1. The van der Waals surface area contributed by atoms with Crippen LogP contribution >= 0.6 is 0 Å². The summed E-state index contributed by atoms with van der Waals surface area (Å²) >= 11 is 0. The SMILES string of the molecule is CCN(Cc1ccc(C#N)cc1F)C(C)COC. The van der Waals surface area contributed by atoms with E-state index in [1.807, 2.05) is 13.0 Å². The molecule has 1 aromatic rings. The van der Waals surface area contributed by atoms with Crippen molar-refractivity contribution in [3.05, 3.63) is 35.1 Å². The first-order valence-corrected chi connectivity index (χ1v) is 6.03. The largest absolute Gasteiger partial charge is 0.383 e. The molecule has 0 radical (unpaired) electrons. The van der Waals surface area contributed by atoms with E-state index >= 15 is 0 Å². The molecule has 0 saturated carbocycles. The third-order valence-corrected chi connectivity index (χ3v) is 2.99. The molecule has 0 aliphatic carbocycles.